The standard InChI is InChI=1S/C8H15NO3.ClH/c1-12-8(11)6-4-5(9)2-3-7(6)10;/h5-7,10H,2-4,9H2,1H3;1H. The van der Waals surface area contributed by atoms with Crippen molar-refractivity contribution in [1.82, 2.24) is 0 Å². The number of aliphatic hydroxyl groups excluding tert-OH is 1. The molecule has 0 heterocycles. The van der Waals surface area contributed by atoms with Crippen molar-refractivity contribution < 1.29 is 14.6 Å². The van der Waals surface area contributed by atoms with E-state index in [9.17, 15) is 9.90 Å². The van der Waals surface area contributed by atoms with Gasteiger partial charge in [0.25, 0.3) is 0 Å². The third kappa shape index (κ3) is 3.14. The fourth-order valence-electron chi connectivity index (χ4n) is 1.59. The maximum absolute atomic E-state index is 11.1. The van der Waals surface area contributed by atoms with Gasteiger partial charge in [0.15, 0.2) is 0 Å². The lowest BCUT2D eigenvalue weighted by Gasteiger charge is -2.29. The van der Waals surface area contributed by atoms with E-state index < -0.39 is 12.0 Å². The number of halogens is 1. The molecule has 0 radical (unpaired) electrons. The first-order valence-electron chi connectivity index (χ1n) is 4.16. The minimum atomic E-state index is -0.572. The number of carbonyl (C=O) groups excluding carboxylic acids is 1. The molecule has 1 rings (SSSR count). The molecule has 0 aromatic carbocycles. The second kappa shape index (κ2) is 5.42. The topological polar surface area (TPSA) is 72.5 Å². The van der Waals surface area contributed by atoms with Crippen molar-refractivity contribution in [2.45, 2.75) is 31.4 Å². The van der Waals surface area contributed by atoms with E-state index >= 15 is 0 Å². The molecule has 1 aliphatic rings. The highest BCUT2D eigenvalue weighted by Crippen LogP contribution is 2.24. The van der Waals surface area contributed by atoms with Crippen LogP contribution in [0.3, 0.4) is 0 Å². The predicted molar refractivity (Wildman–Crippen MR) is 50.6 cm³/mol. The summed E-state index contributed by atoms with van der Waals surface area (Å²) in [6.45, 7) is 0. The molecular formula is C8H16ClNO3. The van der Waals surface area contributed by atoms with E-state index in [0.717, 1.165) is 6.42 Å². The molecule has 3 atom stereocenters. The average Bonchev–Trinajstić information content (AvgIpc) is 2.08. The second-order valence-corrected chi connectivity index (χ2v) is 3.27. The van der Waals surface area contributed by atoms with Crippen molar-refractivity contribution in [2.24, 2.45) is 11.7 Å². The predicted octanol–water partition coefficient (Wildman–Crippen LogP) is 0.0695. The zero-order valence-corrected chi connectivity index (χ0v) is 8.42. The summed E-state index contributed by atoms with van der Waals surface area (Å²) < 4.78 is 4.55. The zero-order chi connectivity index (χ0) is 9.14. The molecule has 78 valence electrons. The van der Waals surface area contributed by atoms with Gasteiger partial charge < -0.3 is 15.6 Å². The Morgan fingerprint density at radius 2 is 2.15 bits per heavy atom. The molecule has 0 aromatic heterocycles. The molecule has 4 nitrogen and oxygen atoms in total. The van der Waals surface area contributed by atoms with Crippen molar-refractivity contribution >= 4 is 18.4 Å². The summed E-state index contributed by atoms with van der Waals surface area (Å²) in [5, 5.41) is 9.43. The number of esters is 1. The van der Waals surface area contributed by atoms with E-state index in [1.165, 1.54) is 7.11 Å². The number of hydrogen-bond acceptors (Lipinski definition) is 4. The van der Waals surface area contributed by atoms with Gasteiger partial charge in [-0.3, -0.25) is 4.79 Å². The Morgan fingerprint density at radius 1 is 1.54 bits per heavy atom. The first-order valence-corrected chi connectivity index (χ1v) is 4.16. The molecule has 1 aliphatic carbocycles. The van der Waals surface area contributed by atoms with Crippen LogP contribution in [0, 0.1) is 5.92 Å². The number of rotatable bonds is 1. The Labute approximate surface area is 83.9 Å². The maximum Gasteiger partial charge on any atom is 0.311 e. The molecule has 1 saturated carbocycles. The van der Waals surface area contributed by atoms with Crippen LogP contribution in [-0.2, 0) is 9.53 Å². The number of methoxy groups -OCH3 is 1. The molecule has 5 heteroatoms. The molecule has 1 fully saturated rings. The largest absolute Gasteiger partial charge is 0.469 e. The fraction of sp³-hybridized carbons (Fsp3) is 0.875. The van der Waals surface area contributed by atoms with Gasteiger partial charge in [-0.1, -0.05) is 0 Å². The fourth-order valence-corrected chi connectivity index (χ4v) is 1.59. The van der Waals surface area contributed by atoms with Crippen LogP contribution in [0.1, 0.15) is 19.3 Å². The van der Waals surface area contributed by atoms with E-state index in [1.54, 1.807) is 0 Å². The summed E-state index contributed by atoms with van der Waals surface area (Å²) in [5.74, 6) is -0.767. The summed E-state index contributed by atoms with van der Waals surface area (Å²) in [6, 6.07) is 0.0255. The van der Waals surface area contributed by atoms with E-state index in [2.05, 4.69) is 4.74 Å². The molecule has 3 N–H and O–H groups in total. The highest BCUT2D eigenvalue weighted by molar-refractivity contribution is 5.85. The van der Waals surface area contributed by atoms with Crippen LogP contribution < -0.4 is 5.73 Å². The number of carbonyl (C=O) groups is 1. The minimum Gasteiger partial charge on any atom is -0.469 e. The van der Waals surface area contributed by atoms with Crippen molar-refractivity contribution in [3.63, 3.8) is 0 Å². The van der Waals surface area contributed by atoms with Crippen LogP contribution in [-0.4, -0.2) is 30.3 Å². The highest BCUT2D eigenvalue weighted by atomic mass is 35.5. The van der Waals surface area contributed by atoms with Crippen LogP contribution in [0.5, 0.6) is 0 Å². The van der Waals surface area contributed by atoms with Crippen LogP contribution in [0.4, 0.5) is 0 Å². The lowest BCUT2D eigenvalue weighted by Crippen LogP contribution is -2.40. The van der Waals surface area contributed by atoms with Gasteiger partial charge in [-0.2, -0.15) is 0 Å². The van der Waals surface area contributed by atoms with Gasteiger partial charge in [0.05, 0.1) is 19.1 Å². The van der Waals surface area contributed by atoms with Crippen molar-refractivity contribution in [2.75, 3.05) is 7.11 Å². The number of hydrogen-bond donors (Lipinski definition) is 2. The maximum atomic E-state index is 11.1. The molecule has 0 aromatic rings. The van der Waals surface area contributed by atoms with Crippen molar-refractivity contribution in [3.05, 3.63) is 0 Å². The van der Waals surface area contributed by atoms with Gasteiger partial charge in [-0.25, -0.2) is 0 Å². The number of ether oxygens (including phenoxy) is 1. The minimum absolute atomic E-state index is 0. The van der Waals surface area contributed by atoms with E-state index in [-0.39, 0.29) is 24.4 Å². The van der Waals surface area contributed by atoms with Crippen LogP contribution in [0.15, 0.2) is 0 Å². The molecule has 0 saturated heterocycles. The monoisotopic (exact) mass is 209 g/mol. The van der Waals surface area contributed by atoms with E-state index in [4.69, 9.17) is 5.73 Å². The Morgan fingerprint density at radius 3 is 2.69 bits per heavy atom. The molecular weight excluding hydrogens is 194 g/mol. The normalized spacial score (nSPS) is 33.3. The average molecular weight is 210 g/mol. The first kappa shape index (κ1) is 12.7. The summed E-state index contributed by atoms with van der Waals surface area (Å²) in [7, 11) is 1.33. The molecule has 13 heavy (non-hydrogen) atoms. The summed E-state index contributed by atoms with van der Waals surface area (Å²) >= 11 is 0. The molecule has 3 unspecified atom stereocenters. The van der Waals surface area contributed by atoms with Crippen LogP contribution in [0.25, 0.3) is 0 Å². The van der Waals surface area contributed by atoms with Gasteiger partial charge in [0, 0.05) is 6.04 Å². The summed E-state index contributed by atoms with van der Waals surface area (Å²) in [5.41, 5.74) is 5.66. The molecule has 0 aliphatic heterocycles. The summed E-state index contributed by atoms with van der Waals surface area (Å²) in [4.78, 5) is 11.1. The quantitative estimate of drug-likeness (QED) is 0.600. The Balaban J connectivity index is 0.00000144. The van der Waals surface area contributed by atoms with E-state index in [1.807, 2.05) is 0 Å². The van der Waals surface area contributed by atoms with Gasteiger partial charge in [0.1, 0.15) is 0 Å². The Bertz CT molecular complexity index is 177. The second-order valence-electron chi connectivity index (χ2n) is 3.27. The van der Waals surface area contributed by atoms with Gasteiger partial charge in [0.2, 0.25) is 0 Å². The van der Waals surface area contributed by atoms with Crippen LogP contribution >= 0.6 is 12.4 Å². The molecule has 0 spiro atoms. The van der Waals surface area contributed by atoms with Gasteiger partial charge in [-0.15, -0.1) is 12.4 Å². The van der Waals surface area contributed by atoms with Gasteiger partial charge in [-0.05, 0) is 19.3 Å². The third-order valence-electron chi connectivity index (χ3n) is 2.36. The van der Waals surface area contributed by atoms with E-state index in [0.29, 0.717) is 12.8 Å². The SMILES string of the molecule is COC(=O)C1CC(N)CCC1O.Cl. The first-order chi connectivity index (χ1) is 5.65. The van der Waals surface area contributed by atoms with Crippen LogP contribution in [0.2, 0.25) is 0 Å². The van der Waals surface area contributed by atoms with Gasteiger partial charge >= 0.3 is 5.97 Å². The van der Waals surface area contributed by atoms with Crippen molar-refractivity contribution in [1.29, 1.82) is 0 Å². The Hall–Kier alpha value is -0.320. The van der Waals surface area contributed by atoms with Crippen molar-refractivity contribution in [3.8, 4) is 0 Å². The molecule has 0 bridgehead atoms. The Kier molecular flexibility index (Phi) is 5.29. The third-order valence-corrected chi connectivity index (χ3v) is 2.36. The lowest BCUT2D eigenvalue weighted by molar-refractivity contribution is -0.151. The smallest absolute Gasteiger partial charge is 0.311 e. The number of aliphatic hydroxyl groups is 1. The summed E-state index contributed by atoms with van der Waals surface area (Å²) in [6.07, 6.45) is 1.35. The zero-order valence-electron chi connectivity index (χ0n) is 7.60. The highest BCUT2D eigenvalue weighted by Gasteiger charge is 2.33. The number of nitrogens with two attached hydrogens (primary N) is 1. The lowest BCUT2D eigenvalue weighted by atomic mass is 9.84. The molecule has 0 amide bonds.